The smallest absolute Gasteiger partial charge is 0.343 e. The van der Waals surface area contributed by atoms with Gasteiger partial charge in [-0.1, -0.05) is 18.7 Å². The van der Waals surface area contributed by atoms with Gasteiger partial charge in [-0.3, -0.25) is 9.36 Å². The molecule has 6 nitrogen and oxygen atoms in total. The summed E-state index contributed by atoms with van der Waals surface area (Å²) in [4.78, 5) is 22.5. The fourth-order valence-corrected chi connectivity index (χ4v) is 3.77. The van der Waals surface area contributed by atoms with Crippen LogP contribution in [0.5, 0.6) is 0 Å². The number of nitrogens with one attached hydrogen (secondary N) is 1. The summed E-state index contributed by atoms with van der Waals surface area (Å²) in [7, 11) is 1.64. The molecule has 1 heterocycles. The molecule has 0 spiro atoms. The van der Waals surface area contributed by atoms with Crippen molar-refractivity contribution >= 4 is 17.7 Å². The summed E-state index contributed by atoms with van der Waals surface area (Å²) < 4.78 is 1.42. The minimum atomic E-state index is -0.750. The Labute approximate surface area is 109 Å². The van der Waals surface area contributed by atoms with E-state index in [0.717, 1.165) is 12.8 Å². The summed E-state index contributed by atoms with van der Waals surface area (Å²) in [5.74, 6) is -0.577. The van der Waals surface area contributed by atoms with Crippen molar-refractivity contribution in [2.45, 2.75) is 36.6 Å². The molecule has 1 aliphatic carbocycles. The lowest BCUT2D eigenvalue weighted by Crippen LogP contribution is -2.32. The van der Waals surface area contributed by atoms with Crippen molar-refractivity contribution in [3.05, 3.63) is 10.5 Å². The van der Waals surface area contributed by atoms with Crippen molar-refractivity contribution < 1.29 is 9.90 Å². The van der Waals surface area contributed by atoms with Gasteiger partial charge < -0.3 is 5.11 Å². The highest BCUT2D eigenvalue weighted by molar-refractivity contribution is 7.99. The number of hydrogen-bond donors (Lipinski definition) is 2. The minimum Gasteiger partial charge on any atom is -0.481 e. The first-order valence-electron chi connectivity index (χ1n) is 6.00. The molecule has 0 amide bonds. The summed E-state index contributed by atoms with van der Waals surface area (Å²) in [6.45, 7) is 2.13. The molecule has 1 aromatic heterocycles. The average molecular weight is 271 g/mol. The number of thioether (sulfide) groups is 1. The van der Waals surface area contributed by atoms with Crippen LogP contribution in [0.3, 0.4) is 0 Å². The summed E-state index contributed by atoms with van der Waals surface area (Å²) in [5.41, 5.74) is -0.270. The van der Waals surface area contributed by atoms with Crippen LogP contribution in [0, 0.1) is 11.8 Å². The van der Waals surface area contributed by atoms with Gasteiger partial charge in [0.2, 0.25) is 0 Å². The predicted molar refractivity (Wildman–Crippen MR) is 67.6 cm³/mol. The molecule has 0 aliphatic heterocycles. The zero-order chi connectivity index (χ0) is 13.3. The Kier molecular flexibility index (Phi) is 3.79. The molecule has 0 saturated heterocycles. The molecule has 0 bridgehead atoms. The number of carboxylic acid groups (broad SMARTS) is 1. The average Bonchev–Trinajstić information content (AvgIpc) is 2.61. The Bertz CT molecular complexity index is 496. The van der Waals surface area contributed by atoms with Crippen LogP contribution < -0.4 is 5.69 Å². The SMILES string of the molecule is CC1CCC(C(=O)O)C(Sc2n[nH]c(=O)n2C)C1. The number of aliphatic carboxylic acids is 1. The molecule has 3 atom stereocenters. The van der Waals surface area contributed by atoms with Gasteiger partial charge in [0.15, 0.2) is 5.16 Å². The van der Waals surface area contributed by atoms with Crippen molar-refractivity contribution in [1.82, 2.24) is 14.8 Å². The largest absolute Gasteiger partial charge is 0.481 e. The third kappa shape index (κ3) is 2.60. The van der Waals surface area contributed by atoms with Gasteiger partial charge in [0.25, 0.3) is 0 Å². The zero-order valence-corrected chi connectivity index (χ0v) is 11.2. The first kappa shape index (κ1) is 13.2. The molecule has 0 aromatic carbocycles. The van der Waals surface area contributed by atoms with E-state index in [1.807, 2.05) is 0 Å². The fourth-order valence-electron chi connectivity index (χ4n) is 2.31. The summed E-state index contributed by atoms with van der Waals surface area (Å²) in [6.07, 6.45) is 2.50. The Morgan fingerprint density at radius 1 is 1.56 bits per heavy atom. The van der Waals surface area contributed by atoms with Crippen LogP contribution in [0.4, 0.5) is 0 Å². The molecule has 1 aromatic rings. The number of H-pyrrole nitrogens is 1. The topological polar surface area (TPSA) is 88.0 Å². The number of aromatic amines is 1. The van der Waals surface area contributed by atoms with Crippen LogP contribution in [0.25, 0.3) is 0 Å². The number of rotatable bonds is 3. The molecule has 1 saturated carbocycles. The lowest BCUT2D eigenvalue weighted by atomic mass is 9.82. The molecular weight excluding hydrogens is 254 g/mol. The normalized spacial score (nSPS) is 28.2. The second-order valence-electron chi connectivity index (χ2n) is 4.89. The van der Waals surface area contributed by atoms with Crippen LogP contribution >= 0.6 is 11.8 Å². The van der Waals surface area contributed by atoms with Crippen molar-refractivity contribution in [3.8, 4) is 0 Å². The number of nitrogens with zero attached hydrogens (tertiary/aromatic N) is 2. The van der Waals surface area contributed by atoms with E-state index in [4.69, 9.17) is 0 Å². The highest BCUT2D eigenvalue weighted by Crippen LogP contribution is 2.38. The van der Waals surface area contributed by atoms with Crippen molar-refractivity contribution in [1.29, 1.82) is 0 Å². The Balaban J connectivity index is 2.16. The molecule has 1 aliphatic rings. The second-order valence-corrected chi connectivity index (χ2v) is 6.10. The standard InChI is InChI=1S/C11H17N3O3S/c1-6-3-4-7(9(15)16)8(5-6)18-11-13-12-10(17)14(11)2/h6-8H,3-5H2,1-2H3,(H,12,17)(H,15,16). The van der Waals surface area contributed by atoms with Gasteiger partial charge in [0, 0.05) is 12.3 Å². The van der Waals surface area contributed by atoms with Gasteiger partial charge in [-0.2, -0.15) is 0 Å². The van der Waals surface area contributed by atoms with Gasteiger partial charge in [0.1, 0.15) is 0 Å². The van der Waals surface area contributed by atoms with E-state index in [0.29, 0.717) is 17.5 Å². The van der Waals surface area contributed by atoms with Crippen molar-refractivity contribution in [3.63, 3.8) is 0 Å². The lowest BCUT2D eigenvalue weighted by Gasteiger charge is -2.31. The van der Waals surface area contributed by atoms with E-state index in [2.05, 4.69) is 17.1 Å². The first-order valence-corrected chi connectivity index (χ1v) is 6.88. The second kappa shape index (κ2) is 5.17. The lowest BCUT2D eigenvalue weighted by molar-refractivity contribution is -0.142. The molecule has 100 valence electrons. The maximum absolute atomic E-state index is 11.3. The van der Waals surface area contributed by atoms with Gasteiger partial charge in [-0.05, 0) is 25.2 Å². The Hall–Kier alpha value is -1.24. The number of aromatic nitrogens is 3. The number of carboxylic acids is 1. The molecule has 1 fully saturated rings. The predicted octanol–water partition coefficient (Wildman–Crippen LogP) is 1.09. The zero-order valence-electron chi connectivity index (χ0n) is 10.4. The maximum atomic E-state index is 11.3. The van der Waals surface area contributed by atoms with E-state index in [9.17, 15) is 14.7 Å². The van der Waals surface area contributed by atoms with Gasteiger partial charge >= 0.3 is 11.7 Å². The monoisotopic (exact) mass is 271 g/mol. The van der Waals surface area contributed by atoms with Crippen LogP contribution in [0.1, 0.15) is 26.2 Å². The molecule has 18 heavy (non-hydrogen) atoms. The molecule has 3 unspecified atom stereocenters. The van der Waals surface area contributed by atoms with E-state index in [1.165, 1.54) is 16.3 Å². The third-order valence-electron chi connectivity index (χ3n) is 3.47. The Morgan fingerprint density at radius 3 is 2.83 bits per heavy atom. The fraction of sp³-hybridized carbons (Fsp3) is 0.727. The highest BCUT2D eigenvalue weighted by Gasteiger charge is 2.35. The number of hydrogen-bond acceptors (Lipinski definition) is 4. The molecule has 2 rings (SSSR count). The van der Waals surface area contributed by atoms with E-state index >= 15 is 0 Å². The molecule has 7 heteroatoms. The van der Waals surface area contributed by atoms with Crippen LogP contribution in [0.2, 0.25) is 0 Å². The molecular formula is C11H17N3O3S. The van der Waals surface area contributed by atoms with Gasteiger partial charge in [0.05, 0.1) is 5.92 Å². The van der Waals surface area contributed by atoms with Crippen LogP contribution in [0.15, 0.2) is 9.95 Å². The van der Waals surface area contributed by atoms with Crippen molar-refractivity contribution in [2.75, 3.05) is 0 Å². The van der Waals surface area contributed by atoms with Gasteiger partial charge in [-0.15, -0.1) is 5.10 Å². The van der Waals surface area contributed by atoms with E-state index < -0.39 is 5.97 Å². The maximum Gasteiger partial charge on any atom is 0.343 e. The quantitative estimate of drug-likeness (QED) is 0.859. The summed E-state index contributed by atoms with van der Waals surface area (Å²) in [5, 5.41) is 16.1. The molecule has 0 radical (unpaired) electrons. The van der Waals surface area contributed by atoms with E-state index in [-0.39, 0.29) is 16.9 Å². The van der Waals surface area contributed by atoms with E-state index in [1.54, 1.807) is 7.05 Å². The third-order valence-corrected chi connectivity index (χ3v) is 4.87. The molecule has 2 N–H and O–H groups in total. The van der Waals surface area contributed by atoms with Gasteiger partial charge in [-0.25, -0.2) is 9.89 Å². The van der Waals surface area contributed by atoms with Crippen molar-refractivity contribution in [2.24, 2.45) is 18.9 Å². The minimum absolute atomic E-state index is 0.0138. The first-order chi connectivity index (χ1) is 8.49. The number of carbonyl (C=O) groups is 1. The highest BCUT2D eigenvalue weighted by atomic mass is 32.2. The van der Waals surface area contributed by atoms with Crippen LogP contribution in [-0.4, -0.2) is 31.1 Å². The summed E-state index contributed by atoms with van der Waals surface area (Å²) >= 11 is 1.39. The Morgan fingerprint density at radius 2 is 2.28 bits per heavy atom. The summed E-state index contributed by atoms with van der Waals surface area (Å²) in [6, 6.07) is 0. The van der Waals surface area contributed by atoms with Crippen LogP contribution in [-0.2, 0) is 11.8 Å².